The zero-order valence-electron chi connectivity index (χ0n) is 19.5. The van der Waals surface area contributed by atoms with Gasteiger partial charge < -0.3 is 20.6 Å². The van der Waals surface area contributed by atoms with Crippen molar-refractivity contribution in [3.8, 4) is 0 Å². The first-order chi connectivity index (χ1) is 16.3. The molecule has 1 heterocycles. The van der Waals surface area contributed by atoms with E-state index in [0.717, 1.165) is 28.9 Å². The highest BCUT2D eigenvalue weighted by Crippen LogP contribution is 2.38. The smallest absolute Gasteiger partial charge is 0.303 e. The minimum absolute atomic E-state index is 0. The number of carboxylic acids is 1. The average Bonchev–Trinajstić information content (AvgIpc) is 3.11. The molecule has 35 heavy (non-hydrogen) atoms. The third-order valence-corrected chi connectivity index (χ3v) is 5.57. The van der Waals surface area contributed by atoms with Crippen LogP contribution in [0, 0.1) is 5.82 Å². The van der Waals surface area contributed by atoms with Crippen molar-refractivity contribution in [2.75, 3.05) is 24.7 Å². The summed E-state index contributed by atoms with van der Waals surface area (Å²) in [6, 6.07) is 19.7. The molecule has 3 aromatic carbocycles. The lowest BCUT2D eigenvalue weighted by molar-refractivity contribution is -0.137. The van der Waals surface area contributed by atoms with Crippen molar-refractivity contribution in [2.45, 2.75) is 19.4 Å². The second kappa shape index (κ2) is 11.2. The van der Waals surface area contributed by atoms with Gasteiger partial charge >= 0.3 is 5.97 Å². The third kappa shape index (κ3) is 6.26. The van der Waals surface area contributed by atoms with Crippen LogP contribution in [-0.2, 0) is 22.6 Å². The lowest BCUT2D eigenvalue weighted by Gasteiger charge is -2.16. The Morgan fingerprint density at radius 1 is 1.00 bits per heavy atom. The van der Waals surface area contributed by atoms with Gasteiger partial charge in [0.15, 0.2) is 0 Å². The van der Waals surface area contributed by atoms with Crippen LogP contribution in [-0.4, -0.2) is 36.0 Å². The van der Waals surface area contributed by atoms with Crippen LogP contribution >= 0.6 is 12.4 Å². The molecule has 0 atom stereocenters. The molecule has 8 heteroatoms. The van der Waals surface area contributed by atoms with E-state index in [9.17, 15) is 14.0 Å². The van der Waals surface area contributed by atoms with Crippen molar-refractivity contribution in [1.29, 1.82) is 0 Å². The van der Waals surface area contributed by atoms with Crippen molar-refractivity contribution in [3.63, 3.8) is 0 Å². The second-order valence-electron chi connectivity index (χ2n) is 8.54. The van der Waals surface area contributed by atoms with Gasteiger partial charge in [-0.2, -0.15) is 0 Å². The van der Waals surface area contributed by atoms with Gasteiger partial charge in [0.2, 0.25) is 0 Å². The van der Waals surface area contributed by atoms with Gasteiger partial charge in [-0.15, -0.1) is 12.4 Å². The maximum absolute atomic E-state index is 13.8. The van der Waals surface area contributed by atoms with Gasteiger partial charge in [0.05, 0.1) is 17.0 Å². The lowest BCUT2D eigenvalue weighted by Crippen LogP contribution is -2.11. The van der Waals surface area contributed by atoms with Gasteiger partial charge in [-0.1, -0.05) is 36.4 Å². The predicted molar refractivity (Wildman–Crippen MR) is 139 cm³/mol. The minimum atomic E-state index is -0.849. The summed E-state index contributed by atoms with van der Waals surface area (Å²) < 4.78 is 13.8. The fourth-order valence-electron chi connectivity index (χ4n) is 3.96. The number of carboxylic acid groups (broad SMARTS) is 1. The molecule has 0 radical (unpaired) electrons. The molecule has 0 fully saturated rings. The number of fused-ring (bicyclic) bond motifs is 1. The summed E-state index contributed by atoms with van der Waals surface area (Å²) in [6.07, 6.45) is 0.469. The van der Waals surface area contributed by atoms with E-state index in [1.807, 2.05) is 62.6 Å². The fraction of sp³-hybridized carbons (Fsp3) is 0.185. The maximum atomic E-state index is 13.8. The molecule has 4 rings (SSSR count). The second-order valence-corrected chi connectivity index (χ2v) is 8.54. The Kier molecular flexibility index (Phi) is 8.27. The molecule has 1 aliphatic rings. The molecule has 0 spiro atoms. The van der Waals surface area contributed by atoms with Crippen LogP contribution in [0.3, 0.4) is 0 Å². The Morgan fingerprint density at radius 2 is 1.66 bits per heavy atom. The molecule has 0 aromatic heterocycles. The minimum Gasteiger partial charge on any atom is -0.481 e. The first kappa shape index (κ1) is 25.9. The quantitative estimate of drug-likeness (QED) is 0.371. The fourth-order valence-corrected chi connectivity index (χ4v) is 3.96. The van der Waals surface area contributed by atoms with Crippen molar-refractivity contribution < 1.29 is 19.1 Å². The molecule has 3 N–H and O–H groups in total. The number of amides is 1. The number of hydrogen-bond acceptors (Lipinski definition) is 4. The molecule has 0 saturated heterocycles. The molecule has 0 bridgehead atoms. The number of benzene rings is 3. The number of carbonyl (C=O) groups is 2. The maximum Gasteiger partial charge on any atom is 0.303 e. The van der Waals surface area contributed by atoms with Crippen molar-refractivity contribution in [3.05, 3.63) is 94.8 Å². The number of hydrogen-bond donors (Lipinski definition) is 3. The molecule has 0 saturated carbocycles. The van der Waals surface area contributed by atoms with Gasteiger partial charge in [0.1, 0.15) is 5.82 Å². The zero-order valence-corrected chi connectivity index (χ0v) is 20.3. The average molecular weight is 496 g/mol. The predicted octanol–water partition coefficient (Wildman–Crippen LogP) is 5.26. The molecule has 1 aliphatic heterocycles. The van der Waals surface area contributed by atoms with Crippen molar-refractivity contribution >= 4 is 46.9 Å². The first-order valence-corrected chi connectivity index (χ1v) is 11.0. The highest BCUT2D eigenvalue weighted by Gasteiger charge is 2.28. The van der Waals surface area contributed by atoms with Crippen molar-refractivity contribution in [1.82, 2.24) is 4.90 Å². The van der Waals surface area contributed by atoms with E-state index in [1.54, 1.807) is 6.07 Å². The lowest BCUT2D eigenvalue weighted by atomic mass is 9.98. The van der Waals surface area contributed by atoms with Crippen LogP contribution < -0.4 is 10.6 Å². The highest BCUT2D eigenvalue weighted by atomic mass is 35.5. The summed E-state index contributed by atoms with van der Waals surface area (Å²) in [5.41, 5.74) is 5.68. The van der Waals surface area contributed by atoms with Crippen LogP contribution in [0.1, 0.15) is 28.7 Å². The summed E-state index contributed by atoms with van der Waals surface area (Å²) in [4.78, 5) is 25.9. The largest absolute Gasteiger partial charge is 0.481 e. The molecule has 3 aromatic rings. The zero-order chi connectivity index (χ0) is 24.2. The first-order valence-electron chi connectivity index (χ1n) is 11.0. The van der Waals surface area contributed by atoms with Crippen LogP contribution in [0.2, 0.25) is 0 Å². The monoisotopic (exact) mass is 495 g/mol. The standard InChI is InChI=1S/C27H26FN3O3.ClH/c1-31(2)16-18-5-11-21(12-6-18)29-26(19-8-3-17(4-9-19)7-14-24(32)33)25-22-13-10-20(28)15-23(22)30-27(25)34;/h3-6,8-13,15,29H,7,14,16H2,1-2H3,(H,30,34)(H,32,33);1H/b26-25-;. The van der Waals surface area contributed by atoms with Gasteiger partial charge in [-0.05, 0) is 67.5 Å². The molecule has 182 valence electrons. The van der Waals surface area contributed by atoms with Gasteiger partial charge in [0.25, 0.3) is 5.91 Å². The number of rotatable bonds is 8. The highest BCUT2D eigenvalue weighted by molar-refractivity contribution is 6.37. The SMILES string of the molecule is CN(C)Cc1ccc(N/C(=C2\C(=O)Nc3cc(F)ccc32)c2ccc(CCC(=O)O)cc2)cc1.Cl. The Labute approximate surface area is 209 Å². The van der Waals surface area contributed by atoms with E-state index in [4.69, 9.17) is 5.11 Å². The summed E-state index contributed by atoms with van der Waals surface area (Å²) in [5.74, 6) is -1.59. The summed E-state index contributed by atoms with van der Waals surface area (Å²) in [6.45, 7) is 0.813. The number of anilines is 2. The van der Waals surface area contributed by atoms with Crippen LogP contribution in [0.25, 0.3) is 11.3 Å². The Morgan fingerprint density at radius 3 is 2.29 bits per heavy atom. The summed E-state index contributed by atoms with van der Waals surface area (Å²) in [5, 5.41) is 15.1. The number of nitrogens with one attached hydrogen (secondary N) is 2. The number of aliphatic carboxylic acids is 1. The Balaban J connectivity index is 0.00000342. The van der Waals surface area contributed by atoms with E-state index in [-0.39, 0.29) is 24.7 Å². The van der Waals surface area contributed by atoms with Crippen LogP contribution in [0.5, 0.6) is 0 Å². The van der Waals surface area contributed by atoms with E-state index in [2.05, 4.69) is 15.5 Å². The molecule has 0 unspecified atom stereocenters. The molecule has 6 nitrogen and oxygen atoms in total. The summed E-state index contributed by atoms with van der Waals surface area (Å²) in [7, 11) is 4.02. The topological polar surface area (TPSA) is 81.7 Å². The molecule has 1 amide bonds. The third-order valence-electron chi connectivity index (χ3n) is 5.57. The van der Waals surface area contributed by atoms with Crippen LogP contribution in [0.4, 0.5) is 15.8 Å². The number of halogens is 2. The summed E-state index contributed by atoms with van der Waals surface area (Å²) >= 11 is 0. The number of aryl methyl sites for hydroxylation is 1. The normalized spacial score (nSPS) is 13.7. The van der Waals surface area contributed by atoms with E-state index < -0.39 is 11.8 Å². The number of carbonyl (C=O) groups excluding carboxylic acids is 1. The Bertz CT molecular complexity index is 1260. The van der Waals surface area contributed by atoms with E-state index in [1.165, 1.54) is 12.1 Å². The van der Waals surface area contributed by atoms with E-state index in [0.29, 0.717) is 28.9 Å². The Hall–Kier alpha value is -3.68. The van der Waals surface area contributed by atoms with Gasteiger partial charge in [-0.25, -0.2) is 4.39 Å². The molecule has 0 aliphatic carbocycles. The number of nitrogens with zero attached hydrogens (tertiary/aromatic N) is 1. The van der Waals surface area contributed by atoms with E-state index >= 15 is 0 Å². The van der Waals surface area contributed by atoms with Gasteiger partial charge in [0, 0.05) is 24.2 Å². The van der Waals surface area contributed by atoms with Gasteiger partial charge in [-0.3, -0.25) is 9.59 Å². The van der Waals surface area contributed by atoms with Crippen molar-refractivity contribution in [2.24, 2.45) is 0 Å². The van der Waals surface area contributed by atoms with Crippen LogP contribution in [0.15, 0.2) is 66.7 Å². The molecular weight excluding hydrogens is 469 g/mol. The molecular formula is C27H27ClFN3O3.